The van der Waals surface area contributed by atoms with Crippen LogP contribution in [0.5, 0.6) is 0 Å². The van der Waals surface area contributed by atoms with Gasteiger partial charge in [-0.3, -0.25) is 9.59 Å². The molecule has 19 heavy (non-hydrogen) atoms. The first-order valence-corrected chi connectivity index (χ1v) is 6.40. The van der Waals surface area contributed by atoms with Crippen molar-refractivity contribution >= 4 is 17.7 Å². The van der Waals surface area contributed by atoms with Gasteiger partial charge in [-0.1, -0.05) is 0 Å². The number of aromatic nitrogens is 4. The van der Waals surface area contributed by atoms with Crippen molar-refractivity contribution in [3.05, 3.63) is 35.1 Å². The Hall–Kier alpha value is -2.09. The number of hydrogen-bond acceptors (Lipinski definition) is 6. The second-order valence-corrected chi connectivity index (χ2v) is 4.44. The number of carbonyl (C=O) groups is 1. The van der Waals surface area contributed by atoms with Crippen LogP contribution in [0.3, 0.4) is 0 Å². The number of hydrogen-bond donors (Lipinski definition) is 1. The van der Waals surface area contributed by atoms with Gasteiger partial charge in [0, 0.05) is 24.8 Å². The standard InChI is InChI=1S/C11H12N4O3S/c1-2-18-8(16)7-15-6-5-12-9(10(15)17)19-11-13-3-4-14-11/h3-6H,2,7H2,1H3,(H,13,14). The molecule has 0 aliphatic rings. The Morgan fingerprint density at radius 2 is 2.32 bits per heavy atom. The first-order valence-electron chi connectivity index (χ1n) is 5.59. The monoisotopic (exact) mass is 280 g/mol. The Kier molecular flexibility index (Phi) is 4.35. The third kappa shape index (κ3) is 3.44. The molecule has 0 unspecified atom stereocenters. The molecule has 2 rings (SSSR count). The fourth-order valence-corrected chi connectivity index (χ4v) is 2.11. The van der Waals surface area contributed by atoms with Gasteiger partial charge in [-0.05, 0) is 18.7 Å². The summed E-state index contributed by atoms with van der Waals surface area (Å²) in [6.45, 7) is 1.87. The van der Waals surface area contributed by atoms with Gasteiger partial charge < -0.3 is 14.3 Å². The van der Waals surface area contributed by atoms with Crippen molar-refractivity contribution in [2.45, 2.75) is 23.7 Å². The SMILES string of the molecule is CCOC(=O)Cn1ccnc(Sc2ncc[nH]2)c1=O. The number of nitrogens with zero attached hydrogens (tertiary/aromatic N) is 3. The minimum Gasteiger partial charge on any atom is -0.465 e. The van der Waals surface area contributed by atoms with Gasteiger partial charge >= 0.3 is 5.97 Å². The predicted octanol–water partition coefficient (Wildman–Crippen LogP) is 0.681. The Balaban J connectivity index is 2.18. The molecule has 0 atom stereocenters. The molecule has 0 fully saturated rings. The van der Waals surface area contributed by atoms with Gasteiger partial charge in [0.15, 0.2) is 10.2 Å². The maximum Gasteiger partial charge on any atom is 0.326 e. The summed E-state index contributed by atoms with van der Waals surface area (Å²) in [7, 11) is 0. The van der Waals surface area contributed by atoms with E-state index in [9.17, 15) is 9.59 Å². The van der Waals surface area contributed by atoms with E-state index in [2.05, 4.69) is 15.0 Å². The van der Waals surface area contributed by atoms with Gasteiger partial charge in [0.1, 0.15) is 6.54 Å². The summed E-state index contributed by atoms with van der Waals surface area (Å²) in [5.74, 6) is -0.454. The van der Waals surface area contributed by atoms with E-state index in [1.165, 1.54) is 17.0 Å². The minimum atomic E-state index is -0.454. The molecule has 0 bridgehead atoms. The molecule has 0 aromatic carbocycles. The van der Waals surface area contributed by atoms with E-state index in [0.717, 1.165) is 11.8 Å². The Labute approximate surface area is 113 Å². The zero-order valence-electron chi connectivity index (χ0n) is 10.2. The van der Waals surface area contributed by atoms with Crippen LogP contribution in [0.25, 0.3) is 0 Å². The molecule has 1 N–H and O–H groups in total. The van der Waals surface area contributed by atoms with Crippen LogP contribution in [0.15, 0.2) is 39.8 Å². The molecule has 0 spiro atoms. The van der Waals surface area contributed by atoms with Crippen LogP contribution in [0.2, 0.25) is 0 Å². The molecule has 0 aliphatic heterocycles. The van der Waals surface area contributed by atoms with E-state index >= 15 is 0 Å². The second-order valence-electron chi connectivity index (χ2n) is 3.47. The van der Waals surface area contributed by atoms with Gasteiger partial charge in [0.2, 0.25) is 0 Å². The molecule has 7 nitrogen and oxygen atoms in total. The second kappa shape index (κ2) is 6.19. The lowest BCUT2D eigenvalue weighted by molar-refractivity contribution is -0.143. The normalized spacial score (nSPS) is 10.4. The van der Waals surface area contributed by atoms with Crippen molar-refractivity contribution in [2.24, 2.45) is 0 Å². The Morgan fingerprint density at radius 1 is 1.47 bits per heavy atom. The van der Waals surface area contributed by atoms with E-state index in [0.29, 0.717) is 5.16 Å². The van der Waals surface area contributed by atoms with Crippen LogP contribution < -0.4 is 5.56 Å². The maximum atomic E-state index is 12.1. The topological polar surface area (TPSA) is 89.9 Å². The maximum absolute atomic E-state index is 12.1. The van der Waals surface area contributed by atoms with E-state index < -0.39 is 5.97 Å². The zero-order valence-corrected chi connectivity index (χ0v) is 11.0. The van der Waals surface area contributed by atoms with Gasteiger partial charge in [-0.2, -0.15) is 0 Å². The summed E-state index contributed by atoms with van der Waals surface area (Å²) in [6, 6.07) is 0. The minimum absolute atomic E-state index is 0.124. The number of esters is 1. The van der Waals surface area contributed by atoms with E-state index in [-0.39, 0.29) is 23.7 Å². The highest BCUT2D eigenvalue weighted by molar-refractivity contribution is 7.99. The third-order valence-corrected chi connectivity index (χ3v) is 3.04. The molecule has 2 heterocycles. The molecule has 0 amide bonds. The molecule has 0 saturated heterocycles. The van der Waals surface area contributed by atoms with E-state index in [4.69, 9.17) is 4.74 Å². The highest BCUT2D eigenvalue weighted by Crippen LogP contribution is 2.18. The number of carbonyl (C=O) groups excluding carboxylic acids is 1. The fraction of sp³-hybridized carbons (Fsp3) is 0.273. The lowest BCUT2D eigenvalue weighted by atomic mass is 10.6. The molecule has 2 aromatic rings. The highest BCUT2D eigenvalue weighted by Gasteiger charge is 2.11. The summed E-state index contributed by atoms with van der Waals surface area (Å²) < 4.78 is 6.06. The van der Waals surface area contributed by atoms with Crippen LogP contribution >= 0.6 is 11.8 Å². The van der Waals surface area contributed by atoms with Gasteiger partial charge in [0.05, 0.1) is 6.61 Å². The van der Waals surface area contributed by atoms with Gasteiger partial charge in [-0.15, -0.1) is 0 Å². The molecule has 2 aromatic heterocycles. The largest absolute Gasteiger partial charge is 0.465 e. The average Bonchev–Trinajstić information content (AvgIpc) is 2.87. The molecule has 0 radical (unpaired) electrons. The van der Waals surface area contributed by atoms with Gasteiger partial charge in [-0.25, -0.2) is 9.97 Å². The van der Waals surface area contributed by atoms with Crippen molar-refractivity contribution in [2.75, 3.05) is 6.61 Å². The molecule has 0 saturated carbocycles. The van der Waals surface area contributed by atoms with Crippen molar-refractivity contribution < 1.29 is 9.53 Å². The lowest BCUT2D eigenvalue weighted by Gasteiger charge is -2.05. The van der Waals surface area contributed by atoms with Crippen molar-refractivity contribution in [1.29, 1.82) is 0 Å². The smallest absolute Gasteiger partial charge is 0.326 e. The van der Waals surface area contributed by atoms with Gasteiger partial charge in [0.25, 0.3) is 5.56 Å². The summed E-state index contributed by atoms with van der Waals surface area (Å²) >= 11 is 1.11. The zero-order chi connectivity index (χ0) is 13.7. The van der Waals surface area contributed by atoms with E-state index in [1.54, 1.807) is 19.3 Å². The first kappa shape index (κ1) is 13.3. The van der Waals surface area contributed by atoms with Crippen LogP contribution in [0.4, 0.5) is 0 Å². The first-order chi connectivity index (χ1) is 9.20. The quantitative estimate of drug-likeness (QED) is 0.810. The fourth-order valence-electron chi connectivity index (χ4n) is 1.37. The van der Waals surface area contributed by atoms with Crippen LogP contribution in [0.1, 0.15) is 6.92 Å². The predicted molar refractivity (Wildman–Crippen MR) is 67.8 cm³/mol. The van der Waals surface area contributed by atoms with Crippen molar-refractivity contribution in [1.82, 2.24) is 19.5 Å². The summed E-state index contributed by atoms with van der Waals surface area (Å²) in [5.41, 5.74) is -0.350. The van der Waals surface area contributed by atoms with Crippen LogP contribution in [-0.2, 0) is 16.1 Å². The summed E-state index contributed by atoms with van der Waals surface area (Å²) in [5, 5.41) is 0.820. The molecule has 100 valence electrons. The number of aromatic amines is 1. The number of nitrogens with one attached hydrogen (secondary N) is 1. The lowest BCUT2D eigenvalue weighted by Crippen LogP contribution is -2.26. The van der Waals surface area contributed by atoms with Crippen LogP contribution in [-0.4, -0.2) is 32.1 Å². The van der Waals surface area contributed by atoms with Crippen LogP contribution in [0, 0.1) is 0 Å². The third-order valence-electron chi connectivity index (χ3n) is 2.15. The molecular formula is C11H12N4O3S. The molecule has 0 aliphatic carbocycles. The number of imidazole rings is 1. The van der Waals surface area contributed by atoms with Crippen molar-refractivity contribution in [3.63, 3.8) is 0 Å². The Morgan fingerprint density at radius 3 is 3.00 bits per heavy atom. The number of H-pyrrole nitrogens is 1. The number of rotatable bonds is 5. The Bertz CT molecular complexity index is 609. The summed E-state index contributed by atoms with van der Waals surface area (Å²) in [4.78, 5) is 34.3. The number of ether oxygens (including phenoxy) is 1. The summed E-state index contributed by atoms with van der Waals surface area (Å²) in [6.07, 6.45) is 6.15. The molecular weight excluding hydrogens is 268 g/mol. The van der Waals surface area contributed by atoms with Crippen molar-refractivity contribution in [3.8, 4) is 0 Å². The average molecular weight is 280 g/mol. The molecule has 8 heteroatoms. The van der Waals surface area contributed by atoms with E-state index in [1.807, 2.05) is 0 Å². The highest BCUT2D eigenvalue weighted by atomic mass is 32.2.